The molecule has 3 atom stereocenters. The van der Waals surface area contributed by atoms with E-state index in [1.165, 1.54) is 19.3 Å². The number of hydrogen-bond acceptors (Lipinski definition) is 2. The molecule has 1 heterocycles. The molecule has 3 heteroatoms. The van der Waals surface area contributed by atoms with Gasteiger partial charge in [-0.1, -0.05) is 39.5 Å². The minimum atomic E-state index is -0.735. The smallest absolute Gasteiger partial charge is 0.243 e. The van der Waals surface area contributed by atoms with Gasteiger partial charge in [0.15, 0.2) is 0 Å². The fourth-order valence-electron chi connectivity index (χ4n) is 3.96. The second-order valence-corrected chi connectivity index (χ2v) is 7.12. The van der Waals surface area contributed by atoms with Crippen molar-refractivity contribution in [2.24, 2.45) is 17.3 Å². The number of carbonyl (C=O) groups is 1. The van der Waals surface area contributed by atoms with Gasteiger partial charge in [0.1, 0.15) is 5.41 Å². The Hall–Kier alpha value is -1.04. The molecule has 2 rings (SSSR count). The van der Waals surface area contributed by atoms with E-state index in [1.807, 2.05) is 4.90 Å². The van der Waals surface area contributed by atoms with Gasteiger partial charge in [-0.25, -0.2) is 0 Å². The maximum absolute atomic E-state index is 13.1. The zero-order valence-corrected chi connectivity index (χ0v) is 13.2. The second-order valence-electron chi connectivity index (χ2n) is 7.12. The maximum atomic E-state index is 13.1. The highest BCUT2D eigenvalue weighted by atomic mass is 16.2. The van der Waals surface area contributed by atoms with Crippen LogP contribution in [-0.2, 0) is 4.79 Å². The van der Waals surface area contributed by atoms with Crippen LogP contribution in [0.25, 0.3) is 0 Å². The second kappa shape index (κ2) is 6.16. The number of rotatable bonds is 1. The lowest BCUT2D eigenvalue weighted by atomic mass is 9.77. The van der Waals surface area contributed by atoms with Gasteiger partial charge in [0.25, 0.3) is 0 Å². The molecule has 2 fully saturated rings. The minimum absolute atomic E-state index is 0.118. The molecule has 112 valence electrons. The fourth-order valence-corrected chi connectivity index (χ4v) is 3.96. The van der Waals surface area contributed by atoms with Crippen LogP contribution in [0.3, 0.4) is 0 Å². The van der Waals surface area contributed by atoms with Gasteiger partial charge < -0.3 is 4.90 Å². The van der Waals surface area contributed by atoms with Crippen LogP contribution in [-0.4, -0.2) is 23.4 Å². The summed E-state index contributed by atoms with van der Waals surface area (Å²) in [6.45, 7) is 7.42. The molecule has 2 aliphatic rings. The summed E-state index contributed by atoms with van der Waals surface area (Å²) in [5.41, 5.74) is -0.735. The van der Waals surface area contributed by atoms with E-state index in [-0.39, 0.29) is 11.9 Å². The van der Waals surface area contributed by atoms with Crippen LogP contribution < -0.4 is 0 Å². The first-order valence-corrected chi connectivity index (χ1v) is 8.22. The van der Waals surface area contributed by atoms with Crippen molar-refractivity contribution < 1.29 is 4.79 Å². The van der Waals surface area contributed by atoms with E-state index in [4.69, 9.17) is 0 Å². The van der Waals surface area contributed by atoms with E-state index in [9.17, 15) is 10.1 Å². The average Bonchev–Trinajstić information content (AvgIpc) is 2.68. The number of likely N-dealkylation sites (tertiary alicyclic amines) is 1. The van der Waals surface area contributed by atoms with Crippen LogP contribution >= 0.6 is 0 Å². The molecule has 0 aromatic rings. The Balaban J connectivity index is 2.21. The Morgan fingerprint density at radius 2 is 1.75 bits per heavy atom. The van der Waals surface area contributed by atoms with Crippen molar-refractivity contribution in [3.8, 4) is 6.07 Å². The number of nitriles is 1. The van der Waals surface area contributed by atoms with Gasteiger partial charge in [-0.2, -0.15) is 5.26 Å². The van der Waals surface area contributed by atoms with E-state index in [1.54, 1.807) is 0 Å². The zero-order chi connectivity index (χ0) is 14.8. The summed E-state index contributed by atoms with van der Waals surface area (Å²) < 4.78 is 0. The van der Waals surface area contributed by atoms with E-state index in [0.717, 1.165) is 32.2 Å². The largest absolute Gasteiger partial charge is 0.338 e. The first-order valence-electron chi connectivity index (χ1n) is 8.22. The highest BCUT2D eigenvalue weighted by Gasteiger charge is 2.44. The van der Waals surface area contributed by atoms with Gasteiger partial charge in [-0.3, -0.25) is 4.79 Å². The van der Waals surface area contributed by atoms with E-state index in [0.29, 0.717) is 11.8 Å². The maximum Gasteiger partial charge on any atom is 0.243 e. The van der Waals surface area contributed by atoms with Crippen molar-refractivity contribution in [1.82, 2.24) is 4.90 Å². The van der Waals surface area contributed by atoms with Crippen LogP contribution in [0.15, 0.2) is 0 Å². The third-order valence-electron chi connectivity index (χ3n) is 5.44. The number of nitrogens with zero attached hydrogens (tertiary/aromatic N) is 2. The lowest BCUT2D eigenvalue weighted by Gasteiger charge is -2.44. The molecule has 3 unspecified atom stereocenters. The number of piperidine rings is 1. The Labute approximate surface area is 123 Å². The average molecular weight is 276 g/mol. The third kappa shape index (κ3) is 2.85. The number of carbonyl (C=O) groups excluding carboxylic acids is 1. The molecule has 3 nitrogen and oxygen atoms in total. The minimum Gasteiger partial charge on any atom is -0.338 e. The summed E-state index contributed by atoms with van der Waals surface area (Å²) in [4.78, 5) is 15.1. The molecule has 1 aliphatic carbocycles. The quantitative estimate of drug-likeness (QED) is 0.685. The van der Waals surface area contributed by atoms with Crippen LogP contribution in [0.1, 0.15) is 65.7 Å². The highest BCUT2D eigenvalue weighted by Crippen LogP contribution is 2.39. The molecule has 20 heavy (non-hydrogen) atoms. The lowest BCUT2D eigenvalue weighted by Crippen LogP contribution is -2.53. The van der Waals surface area contributed by atoms with Crippen LogP contribution in [0.5, 0.6) is 0 Å². The summed E-state index contributed by atoms with van der Waals surface area (Å²) in [7, 11) is 0. The molecular weight excluding hydrogens is 248 g/mol. The summed E-state index contributed by atoms with van der Waals surface area (Å²) in [6.07, 6.45) is 7.07. The lowest BCUT2D eigenvalue weighted by molar-refractivity contribution is -0.145. The third-order valence-corrected chi connectivity index (χ3v) is 5.44. The fraction of sp³-hybridized carbons (Fsp3) is 0.882. The SMILES string of the molecule is CC1CC(C)C(C)N(C(=O)C2(C#N)CCCCCC2)C1. The Morgan fingerprint density at radius 1 is 1.15 bits per heavy atom. The van der Waals surface area contributed by atoms with Crippen LogP contribution in [0.2, 0.25) is 0 Å². The van der Waals surface area contributed by atoms with Crippen molar-refractivity contribution in [1.29, 1.82) is 5.26 Å². The van der Waals surface area contributed by atoms with Crippen LogP contribution in [0.4, 0.5) is 0 Å². The normalized spacial score (nSPS) is 34.1. The topological polar surface area (TPSA) is 44.1 Å². The molecule has 0 bridgehead atoms. The van der Waals surface area contributed by atoms with Crippen molar-refractivity contribution in [3.05, 3.63) is 0 Å². The van der Waals surface area contributed by atoms with Crippen molar-refractivity contribution >= 4 is 5.91 Å². The molecule has 0 N–H and O–H groups in total. The predicted octanol–water partition coefficient (Wildman–Crippen LogP) is 3.74. The van der Waals surface area contributed by atoms with Gasteiger partial charge in [0, 0.05) is 12.6 Å². The number of hydrogen-bond donors (Lipinski definition) is 0. The summed E-state index contributed by atoms with van der Waals surface area (Å²) in [5, 5.41) is 9.69. The Morgan fingerprint density at radius 3 is 2.30 bits per heavy atom. The van der Waals surface area contributed by atoms with Gasteiger partial charge in [0.2, 0.25) is 5.91 Å². The molecular formula is C17H28N2O. The highest BCUT2D eigenvalue weighted by molar-refractivity contribution is 5.86. The Kier molecular flexibility index (Phi) is 4.73. The van der Waals surface area contributed by atoms with Crippen molar-refractivity contribution in [2.75, 3.05) is 6.54 Å². The molecule has 0 spiro atoms. The van der Waals surface area contributed by atoms with Gasteiger partial charge in [-0.15, -0.1) is 0 Å². The molecule has 0 aromatic carbocycles. The summed E-state index contributed by atoms with van der Waals surface area (Å²) in [6, 6.07) is 2.68. The van der Waals surface area contributed by atoms with Crippen molar-refractivity contribution in [3.63, 3.8) is 0 Å². The molecule has 1 aliphatic heterocycles. The molecule has 0 aromatic heterocycles. The molecule has 0 radical (unpaired) electrons. The summed E-state index contributed by atoms with van der Waals surface area (Å²) >= 11 is 0. The standard InChI is InChI=1S/C17H28N2O/c1-13-10-14(2)15(3)19(11-13)16(20)17(12-18)8-6-4-5-7-9-17/h13-15H,4-11H2,1-3H3. The van der Waals surface area contributed by atoms with E-state index >= 15 is 0 Å². The van der Waals surface area contributed by atoms with Gasteiger partial charge in [-0.05, 0) is 38.0 Å². The zero-order valence-electron chi connectivity index (χ0n) is 13.2. The van der Waals surface area contributed by atoms with Gasteiger partial charge >= 0.3 is 0 Å². The predicted molar refractivity (Wildman–Crippen MR) is 79.9 cm³/mol. The summed E-state index contributed by atoms with van der Waals surface area (Å²) in [5.74, 6) is 1.20. The first kappa shape index (κ1) is 15.4. The van der Waals surface area contributed by atoms with E-state index < -0.39 is 5.41 Å². The number of amides is 1. The van der Waals surface area contributed by atoms with Crippen LogP contribution in [0, 0.1) is 28.6 Å². The first-order chi connectivity index (χ1) is 9.50. The monoisotopic (exact) mass is 276 g/mol. The molecule has 1 saturated heterocycles. The Bertz CT molecular complexity index is 390. The molecule has 1 saturated carbocycles. The molecule has 1 amide bonds. The van der Waals surface area contributed by atoms with Gasteiger partial charge in [0.05, 0.1) is 6.07 Å². The van der Waals surface area contributed by atoms with E-state index in [2.05, 4.69) is 26.8 Å². The van der Waals surface area contributed by atoms with Crippen molar-refractivity contribution in [2.45, 2.75) is 71.8 Å².